The molecule has 2 aromatic carbocycles. The molecule has 0 heterocycles. The first-order valence-electron chi connectivity index (χ1n) is 7.31. The van der Waals surface area contributed by atoms with E-state index in [1.54, 1.807) is 50.8 Å². The van der Waals surface area contributed by atoms with E-state index in [1.165, 1.54) is 5.56 Å². The van der Waals surface area contributed by atoms with E-state index >= 15 is 0 Å². The summed E-state index contributed by atoms with van der Waals surface area (Å²) in [6, 6.07) is 12.8. The number of hydrogen-bond donors (Lipinski definition) is 1. The van der Waals surface area contributed by atoms with Gasteiger partial charge in [-0.15, -0.1) is 0 Å². The number of hydrazone groups is 1. The molecule has 0 unspecified atom stereocenters. The molecule has 2 rings (SSSR count). The number of aryl methyl sites for hydroxylation is 1. The van der Waals surface area contributed by atoms with Gasteiger partial charge in [0.1, 0.15) is 11.5 Å². The summed E-state index contributed by atoms with van der Waals surface area (Å²) in [5.41, 5.74) is 5.04. The minimum Gasteiger partial charge on any atom is -0.497 e. The first-order chi connectivity index (χ1) is 11.2. The van der Waals surface area contributed by atoms with Crippen LogP contribution in [-0.2, 0) is 6.42 Å². The summed E-state index contributed by atoms with van der Waals surface area (Å²) in [6.07, 6.45) is 2.49. The van der Waals surface area contributed by atoms with Crippen molar-refractivity contribution in [2.45, 2.75) is 13.3 Å². The van der Waals surface area contributed by atoms with Gasteiger partial charge in [-0.05, 0) is 36.2 Å². The van der Waals surface area contributed by atoms with Crippen molar-refractivity contribution in [1.82, 2.24) is 5.43 Å². The lowest BCUT2D eigenvalue weighted by Crippen LogP contribution is -2.17. The Hall–Kier alpha value is -2.82. The van der Waals surface area contributed by atoms with Crippen LogP contribution in [0, 0.1) is 0 Å². The maximum atomic E-state index is 12.0. The molecule has 0 fully saturated rings. The second-order valence-electron chi connectivity index (χ2n) is 4.90. The van der Waals surface area contributed by atoms with Crippen molar-refractivity contribution in [2.24, 2.45) is 5.10 Å². The van der Waals surface area contributed by atoms with Crippen LogP contribution in [0.4, 0.5) is 0 Å². The molecule has 0 saturated heterocycles. The van der Waals surface area contributed by atoms with Crippen molar-refractivity contribution >= 4 is 12.1 Å². The molecule has 120 valence electrons. The fraction of sp³-hybridized carbons (Fsp3) is 0.222. The molecule has 1 amide bonds. The lowest BCUT2D eigenvalue weighted by atomic mass is 10.1. The van der Waals surface area contributed by atoms with Crippen LogP contribution in [0.2, 0.25) is 0 Å². The van der Waals surface area contributed by atoms with E-state index < -0.39 is 0 Å². The number of methoxy groups -OCH3 is 2. The Morgan fingerprint density at radius 3 is 2.22 bits per heavy atom. The third kappa shape index (κ3) is 4.57. The monoisotopic (exact) mass is 312 g/mol. The predicted molar refractivity (Wildman–Crippen MR) is 90.4 cm³/mol. The van der Waals surface area contributed by atoms with Gasteiger partial charge in [0, 0.05) is 17.2 Å². The highest BCUT2D eigenvalue weighted by Gasteiger charge is 2.04. The molecule has 2 aromatic rings. The number of benzene rings is 2. The molecule has 0 spiro atoms. The fourth-order valence-corrected chi connectivity index (χ4v) is 2.03. The van der Waals surface area contributed by atoms with Gasteiger partial charge in [-0.2, -0.15) is 5.10 Å². The lowest BCUT2D eigenvalue weighted by molar-refractivity contribution is 0.0955. The number of rotatable bonds is 6. The van der Waals surface area contributed by atoms with Gasteiger partial charge in [0.15, 0.2) is 0 Å². The molecule has 5 heteroatoms. The van der Waals surface area contributed by atoms with Gasteiger partial charge in [-0.3, -0.25) is 4.79 Å². The minimum absolute atomic E-state index is 0.251. The largest absolute Gasteiger partial charge is 0.497 e. The summed E-state index contributed by atoms with van der Waals surface area (Å²) in [4.78, 5) is 12.0. The Morgan fingerprint density at radius 1 is 1.09 bits per heavy atom. The van der Waals surface area contributed by atoms with Crippen molar-refractivity contribution in [3.63, 3.8) is 0 Å². The summed E-state index contributed by atoms with van der Waals surface area (Å²) in [7, 11) is 3.16. The van der Waals surface area contributed by atoms with Crippen LogP contribution in [0.5, 0.6) is 11.5 Å². The van der Waals surface area contributed by atoms with Gasteiger partial charge in [0.05, 0.1) is 20.4 Å². The molecule has 1 N–H and O–H groups in total. The van der Waals surface area contributed by atoms with Gasteiger partial charge in [-0.1, -0.05) is 19.1 Å². The van der Waals surface area contributed by atoms with Gasteiger partial charge >= 0.3 is 0 Å². The van der Waals surface area contributed by atoms with E-state index in [0.29, 0.717) is 17.1 Å². The van der Waals surface area contributed by atoms with Crippen molar-refractivity contribution in [1.29, 1.82) is 0 Å². The molecule has 0 saturated carbocycles. The SMILES string of the molecule is CCc1ccc(C(=O)N/N=C\c2cc(OC)cc(OC)c2)cc1. The lowest BCUT2D eigenvalue weighted by Gasteiger charge is -2.05. The first-order valence-corrected chi connectivity index (χ1v) is 7.31. The molecule has 0 aliphatic carbocycles. The van der Waals surface area contributed by atoms with Crippen molar-refractivity contribution in [3.8, 4) is 11.5 Å². The smallest absolute Gasteiger partial charge is 0.271 e. The average molecular weight is 312 g/mol. The van der Waals surface area contributed by atoms with E-state index in [4.69, 9.17) is 9.47 Å². The molecule has 0 bridgehead atoms. The standard InChI is InChI=1S/C18H20N2O3/c1-4-13-5-7-15(8-6-13)18(21)20-19-12-14-9-16(22-2)11-17(10-14)23-3/h5-12H,4H2,1-3H3,(H,20,21)/b19-12-. The van der Waals surface area contributed by atoms with Crippen molar-refractivity contribution < 1.29 is 14.3 Å². The number of carbonyl (C=O) groups excluding carboxylic acids is 1. The molecule has 0 aliphatic rings. The number of nitrogens with zero attached hydrogens (tertiary/aromatic N) is 1. The summed E-state index contributed by atoms with van der Waals surface area (Å²) in [5, 5.41) is 3.98. The molecule has 0 radical (unpaired) electrons. The third-order valence-corrected chi connectivity index (χ3v) is 3.38. The van der Waals surface area contributed by atoms with Crippen LogP contribution in [-0.4, -0.2) is 26.3 Å². The zero-order valence-electron chi connectivity index (χ0n) is 13.5. The number of carbonyl (C=O) groups is 1. The van der Waals surface area contributed by atoms with E-state index in [0.717, 1.165) is 12.0 Å². The first kappa shape index (κ1) is 16.5. The molecule has 0 aromatic heterocycles. The Bertz CT molecular complexity index is 672. The summed E-state index contributed by atoms with van der Waals surface area (Å²) in [5.74, 6) is 1.07. The number of nitrogens with one attached hydrogen (secondary N) is 1. The fourth-order valence-electron chi connectivity index (χ4n) is 2.03. The molecule has 0 atom stereocenters. The van der Waals surface area contributed by atoms with E-state index in [-0.39, 0.29) is 5.91 Å². The topological polar surface area (TPSA) is 59.9 Å². The Balaban J connectivity index is 2.04. The highest BCUT2D eigenvalue weighted by atomic mass is 16.5. The Labute approximate surface area is 135 Å². The molecule has 5 nitrogen and oxygen atoms in total. The molecule has 23 heavy (non-hydrogen) atoms. The summed E-state index contributed by atoms with van der Waals surface area (Å²) < 4.78 is 10.4. The quantitative estimate of drug-likeness (QED) is 0.659. The Morgan fingerprint density at radius 2 is 1.70 bits per heavy atom. The van der Waals surface area contributed by atoms with Gasteiger partial charge in [0.2, 0.25) is 0 Å². The zero-order valence-corrected chi connectivity index (χ0v) is 13.5. The van der Waals surface area contributed by atoms with Gasteiger partial charge in [0.25, 0.3) is 5.91 Å². The van der Waals surface area contributed by atoms with Crippen LogP contribution < -0.4 is 14.9 Å². The molecular weight excluding hydrogens is 292 g/mol. The third-order valence-electron chi connectivity index (χ3n) is 3.38. The highest BCUT2D eigenvalue weighted by Crippen LogP contribution is 2.21. The normalized spacial score (nSPS) is 10.6. The van der Waals surface area contributed by atoms with E-state index in [1.807, 2.05) is 12.1 Å². The van der Waals surface area contributed by atoms with Crippen LogP contribution >= 0.6 is 0 Å². The van der Waals surface area contributed by atoms with E-state index in [2.05, 4.69) is 17.5 Å². The highest BCUT2D eigenvalue weighted by molar-refractivity contribution is 5.95. The van der Waals surface area contributed by atoms with Crippen LogP contribution in [0.3, 0.4) is 0 Å². The maximum absolute atomic E-state index is 12.0. The molecule has 0 aliphatic heterocycles. The van der Waals surface area contributed by atoms with Gasteiger partial charge in [-0.25, -0.2) is 5.43 Å². The minimum atomic E-state index is -0.251. The van der Waals surface area contributed by atoms with Crippen LogP contribution in [0.25, 0.3) is 0 Å². The molecular formula is C18H20N2O3. The summed E-state index contributed by atoms with van der Waals surface area (Å²) in [6.45, 7) is 2.07. The number of ether oxygens (including phenoxy) is 2. The number of amides is 1. The van der Waals surface area contributed by atoms with E-state index in [9.17, 15) is 4.79 Å². The maximum Gasteiger partial charge on any atom is 0.271 e. The van der Waals surface area contributed by atoms with Crippen molar-refractivity contribution in [3.05, 3.63) is 59.2 Å². The number of hydrogen-bond acceptors (Lipinski definition) is 4. The predicted octanol–water partition coefficient (Wildman–Crippen LogP) is 3.03. The summed E-state index contributed by atoms with van der Waals surface area (Å²) >= 11 is 0. The average Bonchev–Trinajstić information content (AvgIpc) is 2.61. The second kappa shape index (κ2) is 7.98. The van der Waals surface area contributed by atoms with Crippen molar-refractivity contribution in [2.75, 3.05) is 14.2 Å². The van der Waals surface area contributed by atoms with Gasteiger partial charge < -0.3 is 9.47 Å². The zero-order chi connectivity index (χ0) is 16.7. The Kier molecular flexibility index (Phi) is 5.74. The van der Waals surface area contributed by atoms with Crippen LogP contribution in [0.15, 0.2) is 47.6 Å². The second-order valence-corrected chi connectivity index (χ2v) is 4.90. The van der Waals surface area contributed by atoms with Crippen LogP contribution in [0.1, 0.15) is 28.4 Å².